The molecular formula is C17H21Cl2NO3. The van der Waals surface area contributed by atoms with Gasteiger partial charge in [0.1, 0.15) is 0 Å². The largest absolute Gasteiger partial charge is 0.449 e. The normalized spacial score (nSPS) is 16.7. The van der Waals surface area contributed by atoms with E-state index in [4.69, 9.17) is 27.9 Å². The zero-order valence-corrected chi connectivity index (χ0v) is 14.6. The first kappa shape index (κ1) is 18.1. The molecule has 1 N–H and O–H groups in total. The van der Waals surface area contributed by atoms with Crippen molar-refractivity contribution in [1.29, 1.82) is 0 Å². The van der Waals surface area contributed by atoms with E-state index in [0.29, 0.717) is 22.5 Å². The van der Waals surface area contributed by atoms with Crippen molar-refractivity contribution in [2.24, 2.45) is 5.92 Å². The van der Waals surface area contributed by atoms with E-state index in [-0.39, 0.29) is 11.5 Å². The minimum absolute atomic E-state index is 0.231. The average Bonchev–Trinajstić information content (AvgIpc) is 2.52. The van der Waals surface area contributed by atoms with Crippen molar-refractivity contribution in [2.45, 2.75) is 45.1 Å². The number of carbonyl (C=O) groups excluding carboxylic acids is 2. The number of hydrogen-bond acceptors (Lipinski definition) is 3. The second kappa shape index (κ2) is 8.55. The topological polar surface area (TPSA) is 55.4 Å². The molecule has 0 spiro atoms. The van der Waals surface area contributed by atoms with Crippen molar-refractivity contribution in [3.05, 3.63) is 33.8 Å². The number of halogens is 2. The fraction of sp³-hybridized carbons (Fsp3) is 0.529. The predicted molar refractivity (Wildman–Crippen MR) is 90.9 cm³/mol. The van der Waals surface area contributed by atoms with Gasteiger partial charge in [-0.2, -0.15) is 0 Å². The van der Waals surface area contributed by atoms with E-state index in [2.05, 4.69) is 5.32 Å². The van der Waals surface area contributed by atoms with Crippen molar-refractivity contribution in [2.75, 3.05) is 6.54 Å². The molecule has 2 rings (SSSR count). The third-order valence-corrected chi connectivity index (χ3v) is 4.48. The van der Waals surface area contributed by atoms with Crippen LogP contribution in [0.2, 0.25) is 10.0 Å². The molecule has 0 saturated heterocycles. The van der Waals surface area contributed by atoms with Crippen LogP contribution >= 0.6 is 23.2 Å². The van der Waals surface area contributed by atoms with Crippen LogP contribution in [0.5, 0.6) is 0 Å². The van der Waals surface area contributed by atoms with Gasteiger partial charge in [-0.15, -0.1) is 0 Å². The van der Waals surface area contributed by atoms with Crippen LogP contribution in [0.1, 0.15) is 49.4 Å². The fourth-order valence-electron chi connectivity index (χ4n) is 2.73. The standard InChI is InChI=1S/C17H21Cl2NO3/c1-11(16(21)20-10-12-5-3-2-4-6-12)23-17(22)13-7-14(18)9-15(19)8-13/h7-9,11-12H,2-6,10H2,1H3,(H,20,21)/t11-/m0/s1. The summed E-state index contributed by atoms with van der Waals surface area (Å²) in [5, 5.41) is 3.56. The van der Waals surface area contributed by atoms with Gasteiger partial charge in [-0.25, -0.2) is 4.79 Å². The van der Waals surface area contributed by atoms with Gasteiger partial charge in [-0.1, -0.05) is 42.5 Å². The Bertz CT molecular complexity index is 551. The van der Waals surface area contributed by atoms with E-state index in [9.17, 15) is 9.59 Å². The Morgan fingerprint density at radius 1 is 1.17 bits per heavy atom. The molecule has 1 amide bonds. The smallest absolute Gasteiger partial charge is 0.339 e. The first-order chi connectivity index (χ1) is 11.0. The summed E-state index contributed by atoms with van der Waals surface area (Å²) in [6, 6.07) is 4.45. The molecule has 0 bridgehead atoms. The molecule has 0 unspecified atom stereocenters. The minimum Gasteiger partial charge on any atom is -0.449 e. The summed E-state index contributed by atoms with van der Waals surface area (Å²) in [6.07, 6.45) is 5.16. The van der Waals surface area contributed by atoms with E-state index in [0.717, 1.165) is 12.8 Å². The zero-order valence-electron chi connectivity index (χ0n) is 13.1. The van der Waals surface area contributed by atoms with Crippen LogP contribution in [-0.4, -0.2) is 24.5 Å². The predicted octanol–water partition coefficient (Wildman–Crippen LogP) is 4.24. The molecule has 6 heteroatoms. The Morgan fingerprint density at radius 2 is 1.78 bits per heavy atom. The van der Waals surface area contributed by atoms with E-state index in [1.165, 1.54) is 37.5 Å². The monoisotopic (exact) mass is 357 g/mol. The summed E-state index contributed by atoms with van der Waals surface area (Å²) >= 11 is 11.7. The van der Waals surface area contributed by atoms with Crippen LogP contribution in [0.25, 0.3) is 0 Å². The maximum absolute atomic E-state index is 12.1. The molecule has 0 aliphatic heterocycles. The van der Waals surface area contributed by atoms with Gasteiger partial charge in [-0.05, 0) is 43.9 Å². The van der Waals surface area contributed by atoms with E-state index < -0.39 is 12.1 Å². The SMILES string of the molecule is C[C@H](OC(=O)c1cc(Cl)cc(Cl)c1)C(=O)NCC1CCCCC1. The van der Waals surface area contributed by atoms with Crippen molar-refractivity contribution in [3.63, 3.8) is 0 Å². The third-order valence-electron chi connectivity index (χ3n) is 4.04. The molecule has 1 aliphatic rings. The highest BCUT2D eigenvalue weighted by molar-refractivity contribution is 6.35. The lowest BCUT2D eigenvalue weighted by Gasteiger charge is -2.22. The summed E-state index contributed by atoms with van der Waals surface area (Å²) in [4.78, 5) is 24.1. The van der Waals surface area contributed by atoms with Crippen LogP contribution in [0.4, 0.5) is 0 Å². The maximum atomic E-state index is 12.1. The Hall–Kier alpha value is -1.26. The molecule has 1 aromatic carbocycles. The van der Waals surface area contributed by atoms with Gasteiger partial charge >= 0.3 is 5.97 Å². The number of nitrogens with one attached hydrogen (secondary N) is 1. The number of amides is 1. The lowest BCUT2D eigenvalue weighted by atomic mass is 9.89. The Labute approximate surface area is 146 Å². The van der Waals surface area contributed by atoms with Crippen molar-refractivity contribution in [1.82, 2.24) is 5.32 Å². The Balaban J connectivity index is 1.83. The summed E-state index contributed by atoms with van der Waals surface area (Å²) in [7, 11) is 0. The van der Waals surface area contributed by atoms with Crippen molar-refractivity contribution in [3.8, 4) is 0 Å². The van der Waals surface area contributed by atoms with Crippen LogP contribution in [0.3, 0.4) is 0 Å². The highest BCUT2D eigenvalue weighted by Crippen LogP contribution is 2.23. The van der Waals surface area contributed by atoms with Crippen LogP contribution in [0.15, 0.2) is 18.2 Å². The molecule has 0 radical (unpaired) electrons. The minimum atomic E-state index is -0.858. The zero-order chi connectivity index (χ0) is 16.8. The second-order valence-electron chi connectivity index (χ2n) is 5.95. The van der Waals surface area contributed by atoms with Gasteiger partial charge in [0.2, 0.25) is 0 Å². The average molecular weight is 358 g/mol. The van der Waals surface area contributed by atoms with E-state index in [1.807, 2.05) is 0 Å². The highest BCUT2D eigenvalue weighted by Gasteiger charge is 2.21. The lowest BCUT2D eigenvalue weighted by molar-refractivity contribution is -0.129. The van der Waals surface area contributed by atoms with Gasteiger partial charge in [-0.3, -0.25) is 4.79 Å². The molecule has 1 aliphatic carbocycles. The number of carbonyl (C=O) groups is 2. The first-order valence-electron chi connectivity index (χ1n) is 7.90. The number of ether oxygens (including phenoxy) is 1. The molecule has 23 heavy (non-hydrogen) atoms. The van der Waals surface area contributed by atoms with Gasteiger partial charge in [0.15, 0.2) is 6.10 Å². The quantitative estimate of drug-likeness (QED) is 0.802. The Morgan fingerprint density at radius 3 is 2.39 bits per heavy atom. The third kappa shape index (κ3) is 5.70. The van der Waals surface area contributed by atoms with Crippen LogP contribution < -0.4 is 5.32 Å². The van der Waals surface area contributed by atoms with Gasteiger partial charge < -0.3 is 10.1 Å². The second-order valence-corrected chi connectivity index (χ2v) is 6.83. The number of benzene rings is 1. The number of esters is 1. The molecular weight excluding hydrogens is 337 g/mol. The van der Waals surface area contributed by atoms with Crippen molar-refractivity contribution >= 4 is 35.1 Å². The van der Waals surface area contributed by atoms with Crippen molar-refractivity contribution < 1.29 is 14.3 Å². The summed E-state index contributed by atoms with van der Waals surface area (Å²) in [5.74, 6) is -0.367. The molecule has 1 aromatic rings. The van der Waals surface area contributed by atoms with Gasteiger partial charge in [0, 0.05) is 16.6 Å². The van der Waals surface area contributed by atoms with Crippen LogP contribution in [0, 0.1) is 5.92 Å². The maximum Gasteiger partial charge on any atom is 0.339 e. The summed E-state index contributed by atoms with van der Waals surface area (Å²) in [6.45, 7) is 2.20. The number of hydrogen-bond donors (Lipinski definition) is 1. The van der Waals surface area contributed by atoms with E-state index in [1.54, 1.807) is 6.92 Å². The highest BCUT2D eigenvalue weighted by atomic mass is 35.5. The molecule has 4 nitrogen and oxygen atoms in total. The molecule has 1 atom stereocenters. The van der Waals surface area contributed by atoms with Gasteiger partial charge in [0.25, 0.3) is 5.91 Å². The number of rotatable bonds is 5. The summed E-state index contributed by atoms with van der Waals surface area (Å²) < 4.78 is 5.18. The Kier molecular flexibility index (Phi) is 6.72. The molecule has 0 aromatic heterocycles. The fourth-order valence-corrected chi connectivity index (χ4v) is 3.26. The molecule has 1 fully saturated rings. The van der Waals surface area contributed by atoms with Crippen LogP contribution in [-0.2, 0) is 9.53 Å². The lowest BCUT2D eigenvalue weighted by Crippen LogP contribution is -2.38. The van der Waals surface area contributed by atoms with Gasteiger partial charge in [0.05, 0.1) is 5.56 Å². The molecule has 126 valence electrons. The first-order valence-corrected chi connectivity index (χ1v) is 8.66. The summed E-state index contributed by atoms with van der Waals surface area (Å²) in [5.41, 5.74) is 0.231. The molecule has 1 saturated carbocycles. The molecule has 0 heterocycles. The van der Waals surface area contributed by atoms with E-state index >= 15 is 0 Å².